The Bertz CT molecular complexity index is 437. The van der Waals surface area contributed by atoms with E-state index in [4.69, 9.17) is 0 Å². The highest BCUT2D eigenvalue weighted by molar-refractivity contribution is 4.89. The highest BCUT2D eigenvalue weighted by atomic mass is 15.0. The largest absolute Gasteiger partial charge is 0.257 e. The topological polar surface area (TPSA) is 19.7 Å². The highest BCUT2D eigenvalue weighted by Gasteiger charge is 2.20. The molecular weight excluding hydrogens is 340 g/mol. The van der Waals surface area contributed by atoms with Crippen molar-refractivity contribution in [2.45, 2.75) is 142 Å². The van der Waals surface area contributed by atoms with Gasteiger partial charge in [0.25, 0.3) is 5.82 Å². The molecule has 0 radical (unpaired) electrons. The minimum Gasteiger partial charge on any atom is -0.247 e. The summed E-state index contributed by atoms with van der Waals surface area (Å²) in [5.74, 6) is 2.17. The summed E-state index contributed by atoms with van der Waals surface area (Å²) in [4.78, 5) is 3.52. The lowest BCUT2D eigenvalue weighted by Crippen LogP contribution is -2.32. The Labute approximate surface area is 176 Å². The molecule has 0 saturated heterocycles. The molecule has 0 aliphatic rings. The van der Waals surface area contributed by atoms with Gasteiger partial charge >= 0.3 is 0 Å². The van der Waals surface area contributed by atoms with Gasteiger partial charge < -0.3 is 0 Å². The van der Waals surface area contributed by atoms with Crippen LogP contribution in [0.5, 0.6) is 0 Å². The van der Waals surface area contributed by atoms with Crippen LogP contribution in [0.25, 0.3) is 0 Å². The third-order valence-electron chi connectivity index (χ3n) is 6.36. The molecule has 0 saturated carbocycles. The number of hydrogen-bond donors (Lipinski definition) is 1. The van der Waals surface area contributed by atoms with E-state index in [1.165, 1.54) is 128 Å². The van der Waals surface area contributed by atoms with Crippen LogP contribution >= 0.6 is 0 Å². The molecule has 0 bridgehead atoms. The Morgan fingerprint density at radius 3 is 1.39 bits per heavy atom. The first-order valence-electron chi connectivity index (χ1n) is 12.8. The van der Waals surface area contributed by atoms with Gasteiger partial charge in [0.1, 0.15) is 12.4 Å². The number of aromatic nitrogens is 2. The van der Waals surface area contributed by atoms with Crippen LogP contribution in [0.2, 0.25) is 0 Å². The van der Waals surface area contributed by atoms with Crippen molar-refractivity contribution in [3.05, 3.63) is 18.2 Å². The summed E-state index contributed by atoms with van der Waals surface area (Å²) in [7, 11) is 2.20. The Balaban J connectivity index is 2.15. The monoisotopic (exact) mass is 391 g/mol. The molecule has 0 fully saturated rings. The van der Waals surface area contributed by atoms with E-state index in [0.29, 0.717) is 0 Å². The molecule has 0 amide bonds. The number of hydrogen-bond acceptors (Lipinski definition) is 0. The van der Waals surface area contributed by atoms with E-state index >= 15 is 0 Å². The molecule has 0 aromatic carbocycles. The van der Waals surface area contributed by atoms with Gasteiger partial charge in [0.15, 0.2) is 0 Å². The third-order valence-corrected chi connectivity index (χ3v) is 6.36. The fourth-order valence-corrected chi connectivity index (χ4v) is 4.47. The van der Waals surface area contributed by atoms with Crippen LogP contribution < -0.4 is 4.57 Å². The van der Waals surface area contributed by atoms with Crippen molar-refractivity contribution >= 4 is 0 Å². The minimum absolute atomic E-state index is 0.727. The summed E-state index contributed by atoms with van der Waals surface area (Å²) >= 11 is 0. The second kappa shape index (κ2) is 18.3. The Kier molecular flexibility index (Phi) is 16.5. The highest BCUT2D eigenvalue weighted by Crippen LogP contribution is 2.26. The summed E-state index contributed by atoms with van der Waals surface area (Å²) in [6.45, 7) is 4.60. The van der Waals surface area contributed by atoms with Gasteiger partial charge in [-0.1, -0.05) is 123 Å². The molecule has 1 rings (SSSR count). The number of imidazole rings is 1. The summed E-state index contributed by atoms with van der Waals surface area (Å²) in [5.41, 5.74) is 0. The molecule has 0 aliphatic heterocycles. The van der Waals surface area contributed by atoms with Gasteiger partial charge in [-0.05, 0) is 12.8 Å². The Morgan fingerprint density at radius 1 is 0.643 bits per heavy atom. The first kappa shape index (κ1) is 25.2. The first-order valence-corrected chi connectivity index (χ1v) is 12.8. The van der Waals surface area contributed by atoms with Crippen LogP contribution in [0.4, 0.5) is 0 Å². The van der Waals surface area contributed by atoms with Crippen molar-refractivity contribution in [3.63, 3.8) is 0 Å². The maximum atomic E-state index is 3.52. The predicted octanol–water partition coefficient (Wildman–Crippen LogP) is 8.37. The van der Waals surface area contributed by atoms with Crippen molar-refractivity contribution < 1.29 is 4.57 Å². The van der Waals surface area contributed by atoms with E-state index in [0.717, 1.165) is 5.92 Å². The molecule has 0 spiro atoms. The average Bonchev–Trinajstić information content (AvgIpc) is 3.13. The Hall–Kier alpha value is -0.790. The second-order valence-corrected chi connectivity index (χ2v) is 9.03. The molecule has 0 unspecified atom stereocenters. The van der Waals surface area contributed by atoms with Crippen molar-refractivity contribution in [1.82, 2.24) is 4.98 Å². The number of unbranched alkanes of at least 4 members (excludes halogenated alkanes) is 15. The van der Waals surface area contributed by atoms with E-state index in [1.54, 1.807) is 0 Å². The quantitative estimate of drug-likeness (QED) is 0.170. The molecule has 1 aromatic rings. The summed E-state index contributed by atoms with van der Waals surface area (Å²) in [6.07, 6.45) is 31.2. The molecule has 1 N–H and O–H groups in total. The molecule has 0 aliphatic carbocycles. The maximum absolute atomic E-state index is 3.52. The zero-order chi connectivity index (χ0) is 20.3. The molecule has 1 heterocycles. The predicted molar refractivity (Wildman–Crippen MR) is 124 cm³/mol. The second-order valence-electron chi connectivity index (χ2n) is 9.03. The van der Waals surface area contributed by atoms with E-state index in [9.17, 15) is 0 Å². The number of H-pyrrole nitrogens is 1. The lowest BCUT2D eigenvalue weighted by molar-refractivity contribution is -0.679. The van der Waals surface area contributed by atoms with Gasteiger partial charge in [0, 0.05) is 0 Å². The molecule has 164 valence electrons. The molecule has 1 aromatic heterocycles. The van der Waals surface area contributed by atoms with Crippen molar-refractivity contribution in [1.29, 1.82) is 0 Å². The molecular formula is C26H51N2+. The van der Waals surface area contributed by atoms with Crippen LogP contribution in [-0.2, 0) is 7.05 Å². The average molecular weight is 392 g/mol. The van der Waals surface area contributed by atoms with Crippen LogP contribution in [0.15, 0.2) is 12.4 Å². The normalized spacial score (nSPS) is 12.5. The molecule has 2 nitrogen and oxygen atoms in total. The van der Waals surface area contributed by atoms with Crippen molar-refractivity contribution in [3.8, 4) is 0 Å². The van der Waals surface area contributed by atoms with Crippen LogP contribution in [0.3, 0.4) is 0 Å². The van der Waals surface area contributed by atoms with Gasteiger partial charge in [-0.3, -0.25) is 0 Å². The summed E-state index contributed by atoms with van der Waals surface area (Å²) in [5, 5.41) is 0. The van der Waals surface area contributed by atoms with Gasteiger partial charge in [-0.2, -0.15) is 0 Å². The zero-order valence-electron chi connectivity index (χ0n) is 19.6. The van der Waals surface area contributed by atoms with Crippen LogP contribution in [-0.4, -0.2) is 4.98 Å². The number of aryl methyl sites for hydroxylation is 1. The fraction of sp³-hybridized carbons (Fsp3) is 0.885. The van der Waals surface area contributed by atoms with Crippen LogP contribution in [0.1, 0.15) is 148 Å². The number of rotatable bonds is 20. The lowest BCUT2D eigenvalue weighted by atomic mass is 9.93. The van der Waals surface area contributed by atoms with Gasteiger partial charge in [-0.25, -0.2) is 9.55 Å². The van der Waals surface area contributed by atoms with Crippen LogP contribution in [0, 0.1) is 0 Å². The zero-order valence-corrected chi connectivity index (χ0v) is 19.6. The fourth-order valence-electron chi connectivity index (χ4n) is 4.47. The SMILES string of the molecule is CCCCCCCCCCCC[C@H](CCCCCCCCC)c1[nH]cc[n+]1C. The van der Waals surface area contributed by atoms with E-state index in [-0.39, 0.29) is 0 Å². The lowest BCUT2D eigenvalue weighted by Gasteiger charge is -2.13. The first-order chi connectivity index (χ1) is 13.8. The molecule has 2 heteroatoms. The molecule has 28 heavy (non-hydrogen) atoms. The van der Waals surface area contributed by atoms with E-state index < -0.39 is 0 Å². The number of nitrogens with zero attached hydrogens (tertiary/aromatic N) is 1. The smallest absolute Gasteiger partial charge is 0.247 e. The number of nitrogens with one attached hydrogen (secondary N) is 1. The molecule has 1 atom stereocenters. The van der Waals surface area contributed by atoms with E-state index in [2.05, 4.69) is 42.8 Å². The van der Waals surface area contributed by atoms with Crippen molar-refractivity contribution in [2.24, 2.45) is 7.05 Å². The number of aromatic amines is 1. The maximum Gasteiger partial charge on any atom is 0.257 e. The summed E-state index contributed by atoms with van der Waals surface area (Å²) < 4.78 is 2.31. The Morgan fingerprint density at radius 2 is 1.04 bits per heavy atom. The van der Waals surface area contributed by atoms with Gasteiger partial charge in [-0.15, -0.1) is 0 Å². The van der Waals surface area contributed by atoms with Crippen molar-refractivity contribution in [2.75, 3.05) is 0 Å². The van der Waals surface area contributed by atoms with Gasteiger partial charge in [0.2, 0.25) is 0 Å². The third kappa shape index (κ3) is 12.6. The van der Waals surface area contributed by atoms with E-state index in [1.807, 2.05) is 0 Å². The minimum atomic E-state index is 0.727. The standard InChI is InChI=1S/C26H50N2/c1-4-6-8-10-12-13-14-16-18-20-22-25(26-27-23-24-28(26)3)21-19-17-15-11-9-7-5-2/h23-25H,4-22H2,1-3H3/p+1/t25-/m0/s1. The van der Waals surface area contributed by atoms with Gasteiger partial charge in [0.05, 0.1) is 13.0 Å². The summed E-state index contributed by atoms with van der Waals surface area (Å²) in [6, 6.07) is 0.